The Labute approximate surface area is 127 Å². The third kappa shape index (κ3) is 2.37. The number of hydrogen-bond donors (Lipinski definition) is 3. The molecule has 0 aliphatic carbocycles. The van der Waals surface area contributed by atoms with E-state index in [-0.39, 0.29) is 0 Å². The van der Waals surface area contributed by atoms with Crippen LogP contribution in [0.2, 0.25) is 0 Å². The molecule has 0 unspecified atom stereocenters. The molecule has 114 valence electrons. The molecule has 3 aromatic heterocycles. The first-order chi connectivity index (χ1) is 10.8. The molecule has 3 N–H and O–H groups in total. The molecule has 0 amide bonds. The Hall–Kier alpha value is -2.61. The summed E-state index contributed by atoms with van der Waals surface area (Å²) in [6.07, 6.45) is 1.94. The number of piperazine rings is 1. The molecule has 0 radical (unpaired) electrons. The summed E-state index contributed by atoms with van der Waals surface area (Å²) in [5.41, 5.74) is 1.88. The molecule has 3 aromatic rings. The van der Waals surface area contributed by atoms with E-state index in [1.54, 1.807) is 0 Å². The van der Waals surface area contributed by atoms with Crippen molar-refractivity contribution in [3.63, 3.8) is 0 Å². The smallest absolute Gasteiger partial charge is 0.230 e. The first-order valence-electron chi connectivity index (χ1n) is 7.39. The zero-order valence-corrected chi connectivity index (χ0v) is 12.4. The summed E-state index contributed by atoms with van der Waals surface area (Å²) in [7, 11) is 0. The summed E-state index contributed by atoms with van der Waals surface area (Å²) in [4.78, 5) is 11.5. The van der Waals surface area contributed by atoms with Crippen LogP contribution >= 0.6 is 0 Å². The Morgan fingerprint density at radius 3 is 2.86 bits per heavy atom. The Morgan fingerprint density at radius 1 is 1.23 bits per heavy atom. The zero-order valence-electron chi connectivity index (χ0n) is 12.4. The van der Waals surface area contributed by atoms with E-state index in [1.807, 2.05) is 35.7 Å². The molecule has 1 aliphatic heterocycles. The second-order valence-electron chi connectivity index (χ2n) is 5.38. The summed E-state index contributed by atoms with van der Waals surface area (Å²) in [6, 6.07) is 5.89. The lowest BCUT2D eigenvalue weighted by Crippen LogP contribution is -2.44. The van der Waals surface area contributed by atoms with Crippen LogP contribution < -0.4 is 15.5 Å². The highest BCUT2D eigenvalue weighted by Gasteiger charge is 2.16. The second-order valence-corrected chi connectivity index (χ2v) is 5.38. The fourth-order valence-corrected chi connectivity index (χ4v) is 2.61. The quantitative estimate of drug-likeness (QED) is 0.666. The third-order valence-electron chi connectivity index (χ3n) is 3.72. The number of fused-ring (bicyclic) bond motifs is 1. The van der Waals surface area contributed by atoms with E-state index in [4.69, 9.17) is 0 Å². The highest BCUT2D eigenvalue weighted by Crippen LogP contribution is 2.19. The molecule has 0 atom stereocenters. The van der Waals surface area contributed by atoms with Gasteiger partial charge < -0.3 is 15.5 Å². The van der Waals surface area contributed by atoms with E-state index in [0.29, 0.717) is 0 Å². The molecule has 0 saturated carbocycles. The van der Waals surface area contributed by atoms with E-state index >= 15 is 0 Å². The third-order valence-corrected chi connectivity index (χ3v) is 3.72. The standard InChI is InChI=1S/C14H18N8/c1-10-9-11(20-19-10)16-14-18-13(21-7-4-15-5-8-21)17-12-3-2-6-22(12)14/h2-3,6,9,15H,4-5,7-8H2,1H3,(H2,16,17,18,19,20). The largest absolute Gasteiger partial charge is 0.338 e. The minimum atomic E-state index is 0.718. The van der Waals surface area contributed by atoms with Gasteiger partial charge in [-0.25, -0.2) is 0 Å². The molecule has 0 spiro atoms. The van der Waals surface area contributed by atoms with E-state index < -0.39 is 0 Å². The van der Waals surface area contributed by atoms with E-state index in [2.05, 4.69) is 35.7 Å². The molecule has 0 bridgehead atoms. The number of hydrogen-bond acceptors (Lipinski definition) is 6. The molecule has 22 heavy (non-hydrogen) atoms. The van der Waals surface area contributed by atoms with Crippen molar-refractivity contribution in [2.24, 2.45) is 0 Å². The first-order valence-corrected chi connectivity index (χ1v) is 7.39. The summed E-state index contributed by atoms with van der Waals surface area (Å²) in [5.74, 6) is 2.22. The Bertz CT molecular complexity index is 783. The zero-order chi connectivity index (χ0) is 14.9. The maximum Gasteiger partial charge on any atom is 0.230 e. The van der Waals surface area contributed by atoms with Gasteiger partial charge in [0.15, 0.2) is 5.82 Å². The molecule has 1 saturated heterocycles. The molecule has 4 heterocycles. The summed E-state index contributed by atoms with van der Waals surface area (Å²) >= 11 is 0. The molecule has 8 heteroatoms. The van der Waals surface area contributed by atoms with Crippen LogP contribution in [0.3, 0.4) is 0 Å². The van der Waals surface area contributed by atoms with Gasteiger partial charge in [0.05, 0.1) is 0 Å². The van der Waals surface area contributed by atoms with Crippen LogP contribution in [0.25, 0.3) is 5.65 Å². The van der Waals surface area contributed by atoms with Crippen LogP contribution in [0.5, 0.6) is 0 Å². The van der Waals surface area contributed by atoms with Crippen LogP contribution in [-0.2, 0) is 0 Å². The van der Waals surface area contributed by atoms with Crippen molar-refractivity contribution in [1.29, 1.82) is 0 Å². The predicted octanol–water partition coefficient (Wildman–Crippen LogP) is 0.914. The van der Waals surface area contributed by atoms with Crippen LogP contribution in [0.4, 0.5) is 17.7 Å². The highest BCUT2D eigenvalue weighted by molar-refractivity contribution is 5.57. The van der Waals surface area contributed by atoms with Crippen LogP contribution in [0, 0.1) is 6.92 Å². The Morgan fingerprint density at radius 2 is 2.09 bits per heavy atom. The van der Waals surface area contributed by atoms with Gasteiger partial charge in [0.25, 0.3) is 0 Å². The van der Waals surface area contributed by atoms with E-state index in [1.165, 1.54) is 0 Å². The van der Waals surface area contributed by atoms with Crippen molar-refractivity contribution in [3.8, 4) is 0 Å². The van der Waals surface area contributed by atoms with Gasteiger partial charge in [-0.3, -0.25) is 9.50 Å². The van der Waals surface area contributed by atoms with Gasteiger partial charge >= 0.3 is 0 Å². The van der Waals surface area contributed by atoms with Crippen LogP contribution in [-0.4, -0.2) is 50.7 Å². The Kier molecular flexibility index (Phi) is 3.15. The fraction of sp³-hybridized carbons (Fsp3) is 0.357. The minimum Gasteiger partial charge on any atom is -0.338 e. The normalized spacial score (nSPS) is 15.4. The van der Waals surface area contributed by atoms with Crippen molar-refractivity contribution >= 4 is 23.4 Å². The van der Waals surface area contributed by atoms with E-state index in [0.717, 1.165) is 55.2 Å². The van der Waals surface area contributed by atoms with Crippen LogP contribution in [0.15, 0.2) is 24.4 Å². The molecule has 1 aliphatic rings. The maximum absolute atomic E-state index is 4.69. The number of rotatable bonds is 3. The average Bonchev–Trinajstić information content (AvgIpc) is 3.17. The molecule has 4 rings (SSSR count). The minimum absolute atomic E-state index is 0.718. The van der Waals surface area contributed by atoms with Crippen molar-refractivity contribution < 1.29 is 0 Å². The number of H-pyrrole nitrogens is 1. The maximum atomic E-state index is 4.69. The molecule has 1 fully saturated rings. The lowest BCUT2D eigenvalue weighted by molar-refractivity contribution is 0.580. The van der Waals surface area contributed by atoms with Crippen molar-refractivity contribution in [3.05, 3.63) is 30.1 Å². The van der Waals surface area contributed by atoms with Gasteiger partial charge in [-0.1, -0.05) is 0 Å². The lowest BCUT2D eigenvalue weighted by atomic mass is 10.4. The highest BCUT2D eigenvalue weighted by atomic mass is 15.3. The number of aryl methyl sites for hydroxylation is 1. The Balaban J connectivity index is 1.73. The first kappa shape index (κ1) is 13.1. The number of nitrogens with one attached hydrogen (secondary N) is 3. The van der Waals surface area contributed by atoms with Crippen molar-refractivity contribution in [2.45, 2.75) is 6.92 Å². The number of nitrogens with zero attached hydrogens (tertiary/aromatic N) is 5. The molecule has 8 nitrogen and oxygen atoms in total. The SMILES string of the molecule is Cc1cc(Nc2nc(N3CCNCC3)nc3cccn23)n[nH]1. The summed E-state index contributed by atoms with van der Waals surface area (Å²) in [6.45, 7) is 5.71. The number of anilines is 3. The van der Waals surface area contributed by atoms with Crippen molar-refractivity contribution in [2.75, 3.05) is 36.4 Å². The van der Waals surface area contributed by atoms with Gasteiger partial charge in [0.2, 0.25) is 11.9 Å². The molecular weight excluding hydrogens is 280 g/mol. The van der Waals surface area contributed by atoms with Crippen molar-refractivity contribution in [1.82, 2.24) is 29.9 Å². The fourth-order valence-electron chi connectivity index (χ4n) is 2.61. The topological polar surface area (TPSA) is 86.2 Å². The van der Waals surface area contributed by atoms with Gasteiger partial charge in [-0.05, 0) is 19.1 Å². The summed E-state index contributed by atoms with van der Waals surface area (Å²) < 4.78 is 1.93. The monoisotopic (exact) mass is 298 g/mol. The van der Waals surface area contributed by atoms with Gasteiger partial charge in [-0.15, -0.1) is 0 Å². The van der Waals surface area contributed by atoms with Gasteiger partial charge in [0.1, 0.15) is 5.65 Å². The predicted molar refractivity (Wildman–Crippen MR) is 84.7 cm³/mol. The second kappa shape index (κ2) is 5.30. The number of aromatic nitrogens is 5. The molecule has 0 aromatic carbocycles. The van der Waals surface area contributed by atoms with Gasteiger partial charge in [-0.2, -0.15) is 15.1 Å². The van der Waals surface area contributed by atoms with E-state index in [9.17, 15) is 0 Å². The lowest BCUT2D eigenvalue weighted by Gasteiger charge is -2.27. The molecular formula is C14H18N8. The van der Waals surface area contributed by atoms with Gasteiger partial charge in [0, 0.05) is 44.1 Å². The van der Waals surface area contributed by atoms with Crippen LogP contribution in [0.1, 0.15) is 5.69 Å². The summed E-state index contributed by atoms with van der Waals surface area (Å²) in [5, 5.41) is 13.7. The number of aromatic amines is 1. The average molecular weight is 298 g/mol.